The largest absolute Gasteiger partial charge is 0.497 e. The van der Waals surface area contributed by atoms with Crippen LogP contribution in [0.25, 0.3) is 0 Å². The van der Waals surface area contributed by atoms with Gasteiger partial charge in [-0.3, -0.25) is 14.4 Å². The summed E-state index contributed by atoms with van der Waals surface area (Å²) in [6, 6.07) is 42.6. The van der Waals surface area contributed by atoms with Crippen LogP contribution < -0.4 is 63.3 Å². The minimum atomic E-state index is -0.401. The minimum absolute atomic E-state index is 0.0101. The Balaban J connectivity index is 0.976. The Hall–Kier alpha value is -7.59. The Morgan fingerprint density at radius 2 is 0.682 bits per heavy atom. The molecule has 85 heavy (non-hydrogen) atoms. The molecular formula is C70H91N9O6. The monoisotopic (exact) mass is 1150 g/mol. The highest BCUT2D eigenvalue weighted by molar-refractivity contribution is 5.90. The van der Waals surface area contributed by atoms with Crippen molar-refractivity contribution in [3.8, 4) is 17.2 Å². The summed E-state index contributed by atoms with van der Waals surface area (Å²) in [5.41, 5.74) is 30.1. The molecule has 6 unspecified atom stereocenters. The molecule has 0 saturated heterocycles. The first-order chi connectivity index (χ1) is 41.3. The Bertz CT molecular complexity index is 2840. The molecule has 0 bridgehead atoms. The molecule has 0 amide bonds. The zero-order valence-corrected chi connectivity index (χ0v) is 50.7. The summed E-state index contributed by atoms with van der Waals surface area (Å²) in [5.74, 6) is 2.65. The average Bonchev–Trinajstić information content (AvgIpc) is 4.00. The van der Waals surface area contributed by atoms with E-state index in [0.29, 0.717) is 58.2 Å². The van der Waals surface area contributed by atoms with Crippen molar-refractivity contribution in [3.05, 3.63) is 161 Å². The predicted molar refractivity (Wildman–Crippen MR) is 347 cm³/mol. The van der Waals surface area contributed by atoms with E-state index in [0.717, 1.165) is 123 Å². The Morgan fingerprint density at radius 3 is 0.929 bits per heavy atom. The molecule has 9 rings (SSSR count). The zero-order valence-electron chi connectivity index (χ0n) is 50.7. The van der Waals surface area contributed by atoms with Gasteiger partial charge in [0, 0.05) is 95.2 Å². The summed E-state index contributed by atoms with van der Waals surface area (Å²) in [7, 11) is 5.01. The maximum absolute atomic E-state index is 14.4. The van der Waals surface area contributed by atoms with Crippen LogP contribution in [-0.2, 0) is 14.4 Å². The number of nitrogens with one attached hydrogen (secondary N) is 6. The fourth-order valence-electron chi connectivity index (χ4n) is 13.0. The van der Waals surface area contributed by atoms with Crippen molar-refractivity contribution in [2.75, 3.05) is 72.9 Å². The molecule has 0 aliphatic carbocycles. The smallest absolute Gasteiger partial charge is 0.155 e. The van der Waals surface area contributed by atoms with Gasteiger partial charge in [-0.1, -0.05) is 36.4 Å². The molecule has 0 spiro atoms. The third kappa shape index (κ3) is 15.3. The van der Waals surface area contributed by atoms with Crippen LogP contribution in [0, 0.1) is 0 Å². The number of fused-ring (bicyclic) bond motifs is 3. The molecule has 15 nitrogen and oxygen atoms in total. The van der Waals surface area contributed by atoms with Gasteiger partial charge in [-0.15, -0.1) is 0 Å². The van der Waals surface area contributed by atoms with Crippen LogP contribution in [0.1, 0.15) is 155 Å². The Morgan fingerprint density at radius 1 is 0.412 bits per heavy atom. The Kier molecular flexibility index (Phi) is 21.5. The number of carbonyl (C=O) groups excluding carboxylic acids is 3. The van der Waals surface area contributed by atoms with Gasteiger partial charge in [-0.05, 0) is 223 Å². The SMILES string of the molecule is COc1ccc2c(c1)C(CC(=O)[C@H](CCCCN)Nc1ccc(C(c3ccc(N[C@@H](CCCCN)C(=O)CC4c5cc(OC)ccc5NC4C)cc3)c3ccc(N[C@@H](CCCCN)C(=O)CC4c5cc(OC)ccc5NC4C)cc3)cc1)C(C)N2. The number of hydrogen-bond acceptors (Lipinski definition) is 15. The van der Waals surface area contributed by atoms with Crippen LogP contribution >= 0.6 is 0 Å². The molecule has 0 fully saturated rings. The van der Waals surface area contributed by atoms with Crippen molar-refractivity contribution < 1.29 is 28.6 Å². The van der Waals surface area contributed by atoms with Crippen molar-refractivity contribution in [1.82, 2.24) is 0 Å². The molecule has 3 aliphatic rings. The first-order valence-corrected chi connectivity index (χ1v) is 30.9. The van der Waals surface area contributed by atoms with E-state index >= 15 is 0 Å². The normalized spacial score (nSPS) is 19.6. The van der Waals surface area contributed by atoms with Gasteiger partial charge in [0.15, 0.2) is 17.3 Å². The summed E-state index contributed by atoms with van der Waals surface area (Å²) >= 11 is 0. The van der Waals surface area contributed by atoms with Crippen molar-refractivity contribution in [1.29, 1.82) is 0 Å². The van der Waals surface area contributed by atoms with E-state index in [1.807, 2.05) is 36.4 Å². The van der Waals surface area contributed by atoms with Gasteiger partial charge in [0.25, 0.3) is 0 Å². The number of hydrogen-bond donors (Lipinski definition) is 9. The summed E-state index contributed by atoms with van der Waals surface area (Å²) in [6.45, 7) is 8.10. The van der Waals surface area contributed by atoms with Crippen molar-refractivity contribution in [2.24, 2.45) is 17.2 Å². The summed E-state index contributed by atoms with van der Waals surface area (Å²) in [4.78, 5) is 43.3. The van der Waals surface area contributed by atoms with Gasteiger partial charge in [-0.25, -0.2) is 0 Å². The van der Waals surface area contributed by atoms with Gasteiger partial charge in [0.05, 0.1) is 39.5 Å². The lowest BCUT2D eigenvalue weighted by Crippen LogP contribution is -2.32. The number of anilines is 6. The first kappa shape index (κ1) is 62.0. The molecule has 9 atom stereocenters. The highest BCUT2D eigenvalue weighted by Gasteiger charge is 2.36. The maximum Gasteiger partial charge on any atom is 0.155 e. The van der Waals surface area contributed by atoms with Crippen LogP contribution in [0.2, 0.25) is 0 Å². The van der Waals surface area contributed by atoms with Gasteiger partial charge >= 0.3 is 0 Å². The van der Waals surface area contributed by atoms with Crippen LogP contribution in [-0.4, -0.2) is 94.6 Å². The molecule has 3 heterocycles. The molecule has 15 heteroatoms. The van der Waals surface area contributed by atoms with E-state index in [1.165, 1.54) is 0 Å². The molecule has 6 aromatic carbocycles. The standard InChI is InChI=1S/C70H91N9O6/c1-43-55(58-37-52(83-4)28-31-61(58)74-43)40-67(80)64(13-7-10-34-71)77-49-22-16-46(17-23-49)70(47-18-24-50(25-19-47)78-65(14-8-11-35-72)68(81)41-56-44(2)75-62-32-29-53(84-5)38-59(56)62)48-20-26-51(27-21-48)79-66(15-9-12-36-73)69(82)42-57-45(3)76-63-33-30-54(85-6)39-60(57)63/h16-33,37-39,43-45,55-57,64-66,70,74-79H,7-15,34-36,40-42,71-73H2,1-6H3/t43?,44?,45?,55?,56?,57?,64-,65-,66-,70?/m0/s1. The van der Waals surface area contributed by atoms with E-state index < -0.39 is 18.1 Å². The number of methoxy groups -OCH3 is 3. The molecule has 3 aliphatic heterocycles. The fraction of sp³-hybridized carbons (Fsp3) is 0.443. The molecule has 12 N–H and O–H groups in total. The van der Waals surface area contributed by atoms with E-state index in [-0.39, 0.29) is 59.1 Å². The number of rotatable bonds is 33. The number of Topliss-reactive ketones (excluding diaryl/α,β-unsaturated/α-hetero) is 3. The molecule has 0 radical (unpaired) electrons. The predicted octanol–water partition coefficient (Wildman–Crippen LogP) is 12.3. The van der Waals surface area contributed by atoms with Crippen molar-refractivity contribution >= 4 is 51.5 Å². The van der Waals surface area contributed by atoms with E-state index in [4.69, 9.17) is 31.4 Å². The number of ketones is 3. The summed E-state index contributed by atoms with van der Waals surface area (Å²) in [6.07, 6.45) is 8.13. The van der Waals surface area contributed by atoms with Crippen LogP contribution in [0.5, 0.6) is 17.2 Å². The van der Waals surface area contributed by atoms with Gasteiger partial charge in [0.2, 0.25) is 0 Å². The fourth-order valence-corrected chi connectivity index (χ4v) is 13.0. The summed E-state index contributed by atoms with van der Waals surface area (Å²) in [5, 5.41) is 21.7. The molecule has 0 aromatic heterocycles. The first-order valence-electron chi connectivity index (χ1n) is 30.9. The highest BCUT2D eigenvalue weighted by atomic mass is 16.5. The van der Waals surface area contributed by atoms with E-state index in [2.05, 4.69) is 144 Å². The number of ether oxygens (including phenoxy) is 3. The lowest BCUT2D eigenvalue weighted by atomic mass is 9.84. The van der Waals surface area contributed by atoms with Crippen LogP contribution in [0.15, 0.2) is 127 Å². The third-order valence-corrected chi connectivity index (χ3v) is 18.0. The van der Waals surface area contributed by atoms with Crippen molar-refractivity contribution in [2.45, 2.75) is 158 Å². The molecule has 6 aromatic rings. The van der Waals surface area contributed by atoms with E-state index in [1.54, 1.807) is 21.3 Å². The van der Waals surface area contributed by atoms with Gasteiger partial charge in [0.1, 0.15) is 17.2 Å². The zero-order chi connectivity index (χ0) is 60.0. The summed E-state index contributed by atoms with van der Waals surface area (Å²) < 4.78 is 16.7. The second-order valence-electron chi connectivity index (χ2n) is 23.7. The Labute approximate surface area is 503 Å². The quantitative estimate of drug-likeness (QED) is 0.0138. The van der Waals surface area contributed by atoms with Gasteiger partial charge in [-0.2, -0.15) is 0 Å². The minimum Gasteiger partial charge on any atom is -0.497 e. The third-order valence-electron chi connectivity index (χ3n) is 18.0. The molecular weight excluding hydrogens is 1060 g/mol. The maximum atomic E-state index is 14.4. The second kappa shape index (κ2) is 29.5. The molecule has 0 saturated carbocycles. The number of nitrogens with two attached hydrogens (primary N) is 3. The van der Waals surface area contributed by atoms with Crippen LogP contribution in [0.4, 0.5) is 34.1 Å². The highest BCUT2D eigenvalue weighted by Crippen LogP contribution is 2.44. The molecule has 452 valence electrons. The lowest BCUT2D eigenvalue weighted by molar-refractivity contribution is -0.121. The average molecular weight is 1150 g/mol. The number of carbonyl (C=O) groups is 3. The van der Waals surface area contributed by atoms with Crippen molar-refractivity contribution in [3.63, 3.8) is 0 Å². The second-order valence-corrected chi connectivity index (χ2v) is 23.7. The van der Waals surface area contributed by atoms with E-state index in [9.17, 15) is 14.4 Å². The number of benzene rings is 6. The lowest BCUT2D eigenvalue weighted by Gasteiger charge is -2.25. The topological polar surface area (TPSA) is 229 Å². The van der Waals surface area contributed by atoms with Gasteiger partial charge < -0.3 is 63.3 Å². The van der Waals surface area contributed by atoms with Crippen LogP contribution in [0.3, 0.4) is 0 Å². The number of unbranched alkanes of at least 4 members (excludes halogenated alkanes) is 3.